The Balaban J connectivity index is 1.45. The maximum absolute atomic E-state index is 6.15. The Hall–Kier alpha value is -3.52. The Bertz CT molecular complexity index is 1480. The van der Waals surface area contributed by atoms with Crippen molar-refractivity contribution in [1.29, 1.82) is 0 Å². The van der Waals surface area contributed by atoms with Crippen LogP contribution >= 0.6 is 0 Å². The molecular formula is C47H64N2. The van der Waals surface area contributed by atoms with Crippen LogP contribution in [0.15, 0.2) is 84.9 Å². The summed E-state index contributed by atoms with van der Waals surface area (Å²) in [5.41, 5.74) is 25.3. The molecule has 1 aliphatic carbocycles. The van der Waals surface area contributed by atoms with Gasteiger partial charge >= 0.3 is 0 Å². The SMILES string of the molecule is CCCCCCCC1CCC(c2ccc(C(CCC)c3ccc(N)cc3C)cc2)(c2ccc(C(CCC)c3ccc(N)cc3C)cc2)CC1. The molecule has 0 heterocycles. The van der Waals surface area contributed by atoms with E-state index in [1.807, 2.05) is 0 Å². The molecule has 0 radical (unpaired) electrons. The van der Waals surface area contributed by atoms with Crippen molar-refractivity contribution in [1.82, 2.24) is 0 Å². The molecule has 262 valence electrons. The monoisotopic (exact) mass is 657 g/mol. The van der Waals surface area contributed by atoms with Crippen LogP contribution in [0.2, 0.25) is 0 Å². The van der Waals surface area contributed by atoms with Gasteiger partial charge in [0.25, 0.3) is 0 Å². The number of benzene rings is 4. The van der Waals surface area contributed by atoms with E-state index >= 15 is 0 Å². The lowest BCUT2D eigenvalue weighted by atomic mass is 9.62. The molecule has 4 aromatic carbocycles. The molecule has 1 saturated carbocycles. The number of nitrogens with two attached hydrogens (primary N) is 2. The fraction of sp³-hybridized carbons (Fsp3) is 0.489. The number of aryl methyl sites for hydroxylation is 2. The summed E-state index contributed by atoms with van der Waals surface area (Å²) >= 11 is 0. The van der Waals surface area contributed by atoms with Crippen molar-refractivity contribution < 1.29 is 0 Å². The fourth-order valence-corrected chi connectivity index (χ4v) is 9.07. The summed E-state index contributed by atoms with van der Waals surface area (Å²) in [5.74, 6) is 1.65. The van der Waals surface area contributed by atoms with Crippen LogP contribution in [0.3, 0.4) is 0 Å². The van der Waals surface area contributed by atoms with E-state index in [9.17, 15) is 0 Å². The van der Waals surface area contributed by atoms with Gasteiger partial charge in [0.05, 0.1) is 0 Å². The van der Waals surface area contributed by atoms with Crippen LogP contribution in [0.4, 0.5) is 11.4 Å². The summed E-state index contributed by atoms with van der Waals surface area (Å²) in [6, 6.07) is 32.6. The second-order valence-electron chi connectivity index (χ2n) is 15.4. The molecule has 5 rings (SSSR count). The second kappa shape index (κ2) is 17.4. The zero-order chi connectivity index (χ0) is 34.8. The zero-order valence-corrected chi connectivity index (χ0v) is 31.4. The molecular weight excluding hydrogens is 593 g/mol. The highest BCUT2D eigenvalue weighted by atomic mass is 14.5. The van der Waals surface area contributed by atoms with Gasteiger partial charge < -0.3 is 11.5 Å². The molecule has 0 amide bonds. The summed E-state index contributed by atoms with van der Waals surface area (Å²) < 4.78 is 0. The number of unbranched alkanes of at least 4 members (excludes halogenated alkanes) is 4. The van der Waals surface area contributed by atoms with Gasteiger partial charge in [0.15, 0.2) is 0 Å². The molecule has 0 aromatic heterocycles. The van der Waals surface area contributed by atoms with Gasteiger partial charge in [0.2, 0.25) is 0 Å². The molecule has 4 N–H and O–H groups in total. The molecule has 1 fully saturated rings. The van der Waals surface area contributed by atoms with E-state index in [1.54, 1.807) is 0 Å². The van der Waals surface area contributed by atoms with Gasteiger partial charge in [0, 0.05) is 28.6 Å². The smallest absolute Gasteiger partial charge is 0.0316 e. The van der Waals surface area contributed by atoms with Crippen LogP contribution in [0.25, 0.3) is 0 Å². The molecule has 0 aliphatic heterocycles. The fourth-order valence-electron chi connectivity index (χ4n) is 9.07. The summed E-state index contributed by atoms with van der Waals surface area (Å²) in [6.07, 6.45) is 18.0. The summed E-state index contributed by atoms with van der Waals surface area (Å²) in [6.45, 7) is 11.3. The van der Waals surface area contributed by atoms with Gasteiger partial charge in [-0.05, 0) is 127 Å². The third kappa shape index (κ3) is 8.80. The Morgan fingerprint density at radius 3 is 1.43 bits per heavy atom. The summed E-state index contributed by atoms with van der Waals surface area (Å²) in [7, 11) is 0. The quantitative estimate of drug-likeness (QED) is 0.0931. The van der Waals surface area contributed by atoms with E-state index in [1.165, 1.54) is 109 Å². The van der Waals surface area contributed by atoms with E-state index < -0.39 is 0 Å². The molecule has 49 heavy (non-hydrogen) atoms. The van der Waals surface area contributed by atoms with E-state index in [-0.39, 0.29) is 5.41 Å². The van der Waals surface area contributed by atoms with Gasteiger partial charge in [-0.1, -0.05) is 133 Å². The lowest BCUT2D eigenvalue weighted by Crippen LogP contribution is -2.33. The highest BCUT2D eigenvalue weighted by Gasteiger charge is 2.38. The van der Waals surface area contributed by atoms with E-state index in [0.29, 0.717) is 11.8 Å². The van der Waals surface area contributed by atoms with Crippen LogP contribution in [-0.2, 0) is 5.41 Å². The predicted molar refractivity (Wildman–Crippen MR) is 214 cm³/mol. The maximum Gasteiger partial charge on any atom is 0.0316 e. The first kappa shape index (κ1) is 36.8. The van der Waals surface area contributed by atoms with Crippen LogP contribution in [0.5, 0.6) is 0 Å². The topological polar surface area (TPSA) is 52.0 Å². The first-order valence-corrected chi connectivity index (χ1v) is 19.7. The van der Waals surface area contributed by atoms with E-state index in [4.69, 9.17) is 11.5 Å². The molecule has 2 nitrogen and oxygen atoms in total. The first-order chi connectivity index (χ1) is 23.8. The minimum Gasteiger partial charge on any atom is -0.399 e. The number of hydrogen-bond acceptors (Lipinski definition) is 2. The summed E-state index contributed by atoms with van der Waals surface area (Å²) in [4.78, 5) is 0. The lowest BCUT2D eigenvalue weighted by molar-refractivity contribution is 0.250. The van der Waals surface area contributed by atoms with Gasteiger partial charge in [-0.15, -0.1) is 0 Å². The average Bonchev–Trinajstić information content (AvgIpc) is 3.11. The zero-order valence-electron chi connectivity index (χ0n) is 31.4. The summed E-state index contributed by atoms with van der Waals surface area (Å²) in [5, 5.41) is 0. The molecule has 0 bridgehead atoms. The lowest BCUT2D eigenvalue weighted by Gasteiger charge is -2.42. The van der Waals surface area contributed by atoms with Crippen molar-refractivity contribution in [2.24, 2.45) is 5.92 Å². The number of rotatable bonds is 16. The number of nitrogen functional groups attached to an aromatic ring is 2. The molecule has 0 saturated heterocycles. The molecule has 1 aliphatic rings. The third-order valence-corrected chi connectivity index (χ3v) is 11.9. The Kier molecular flexibility index (Phi) is 13.1. The molecule has 0 spiro atoms. The maximum atomic E-state index is 6.15. The average molecular weight is 657 g/mol. The number of anilines is 2. The van der Waals surface area contributed by atoms with Crippen LogP contribution in [0.1, 0.15) is 167 Å². The van der Waals surface area contributed by atoms with Gasteiger partial charge in [0.1, 0.15) is 0 Å². The van der Waals surface area contributed by atoms with Crippen molar-refractivity contribution in [2.75, 3.05) is 11.5 Å². The molecule has 4 aromatic rings. The first-order valence-electron chi connectivity index (χ1n) is 19.7. The third-order valence-electron chi connectivity index (χ3n) is 11.9. The van der Waals surface area contributed by atoms with Crippen molar-refractivity contribution in [3.8, 4) is 0 Å². The molecule has 2 heteroatoms. The van der Waals surface area contributed by atoms with Crippen molar-refractivity contribution >= 4 is 11.4 Å². The van der Waals surface area contributed by atoms with Crippen LogP contribution in [0, 0.1) is 19.8 Å². The van der Waals surface area contributed by atoms with Gasteiger partial charge in [-0.25, -0.2) is 0 Å². The second-order valence-corrected chi connectivity index (χ2v) is 15.4. The Labute approximate surface area is 299 Å². The van der Waals surface area contributed by atoms with Crippen molar-refractivity contribution in [3.05, 3.63) is 129 Å². The normalized spacial score (nSPS) is 19.1. The minimum atomic E-state index is 0.0600. The predicted octanol–water partition coefficient (Wildman–Crippen LogP) is 13.2. The van der Waals surface area contributed by atoms with E-state index in [2.05, 4.69) is 120 Å². The molecule has 2 atom stereocenters. The highest BCUT2D eigenvalue weighted by molar-refractivity contribution is 5.51. The van der Waals surface area contributed by atoms with Crippen LogP contribution in [-0.4, -0.2) is 0 Å². The standard InChI is InChI=1S/C47H64N2/c1-6-9-10-11-12-15-36-28-30-47(31-29-36,39-20-16-37(17-21-39)45(13-7-2)43-26-24-41(48)32-34(43)4)40-22-18-38(19-23-40)46(14-8-3)44-27-25-42(49)33-35(44)5/h16-27,32-33,36,45-46H,6-15,28-31,48-49H2,1-5H3. The number of hydrogen-bond donors (Lipinski definition) is 2. The van der Waals surface area contributed by atoms with Crippen molar-refractivity contribution in [3.63, 3.8) is 0 Å². The van der Waals surface area contributed by atoms with E-state index in [0.717, 1.165) is 43.0 Å². The van der Waals surface area contributed by atoms with Crippen LogP contribution < -0.4 is 11.5 Å². The van der Waals surface area contributed by atoms with Crippen molar-refractivity contribution in [2.45, 2.75) is 142 Å². The highest BCUT2D eigenvalue weighted by Crippen LogP contribution is 2.48. The minimum absolute atomic E-state index is 0.0600. The van der Waals surface area contributed by atoms with Gasteiger partial charge in [-0.2, -0.15) is 0 Å². The largest absolute Gasteiger partial charge is 0.399 e. The Morgan fingerprint density at radius 2 is 1.02 bits per heavy atom. The Morgan fingerprint density at radius 1 is 0.571 bits per heavy atom. The van der Waals surface area contributed by atoms with Gasteiger partial charge in [-0.3, -0.25) is 0 Å². The molecule has 2 unspecified atom stereocenters.